The zero-order valence-electron chi connectivity index (χ0n) is 18.5. The number of ether oxygens (including phenoxy) is 1. The number of hydrogen-bond acceptors (Lipinski definition) is 5. The first-order valence-electron chi connectivity index (χ1n) is 10.9. The second kappa shape index (κ2) is 10.2. The summed E-state index contributed by atoms with van der Waals surface area (Å²) in [7, 11) is 0. The fourth-order valence-electron chi connectivity index (χ4n) is 4.40. The molecule has 0 aromatic heterocycles. The summed E-state index contributed by atoms with van der Waals surface area (Å²) in [5, 5.41) is 11.0. The van der Waals surface area contributed by atoms with Gasteiger partial charge >= 0.3 is 18.2 Å². The van der Waals surface area contributed by atoms with E-state index in [1.54, 1.807) is 0 Å². The quantitative estimate of drug-likeness (QED) is 0.582. The number of alkyl halides is 3. The molecule has 0 bridgehead atoms. The molecule has 1 heterocycles. The van der Waals surface area contributed by atoms with E-state index in [1.165, 1.54) is 11.8 Å². The lowest BCUT2D eigenvalue weighted by atomic mass is 9.98. The number of benzene rings is 2. The van der Waals surface area contributed by atoms with Gasteiger partial charge in [0, 0.05) is 18.1 Å². The minimum atomic E-state index is -4.81. The SMILES string of the molecule is O=C(N[C@@H](CCC(=O)N1CSCC1C(=O)O)C(F)(F)F)OCC1c2ccccc2-c2ccccc21. The molecule has 2 N–H and O–H groups in total. The largest absolute Gasteiger partial charge is 0.480 e. The summed E-state index contributed by atoms with van der Waals surface area (Å²) >= 11 is 1.22. The number of hydrogen-bond donors (Lipinski definition) is 2. The van der Waals surface area contributed by atoms with Crippen molar-refractivity contribution in [2.45, 2.75) is 37.0 Å². The van der Waals surface area contributed by atoms with Crippen LogP contribution in [0, 0.1) is 0 Å². The maximum atomic E-state index is 13.6. The zero-order chi connectivity index (χ0) is 25.2. The lowest BCUT2D eigenvalue weighted by Crippen LogP contribution is -2.47. The van der Waals surface area contributed by atoms with E-state index in [0.29, 0.717) is 0 Å². The molecule has 1 aliphatic heterocycles. The Labute approximate surface area is 203 Å². The summed E-state index contributed by atoms with van der Waals surface area (Å²) in [4.78, 5) is 36.9. The van der Waals surface area contributed by atoms with Crippen LogP contribution in [0.5, 0.6) is 0 Å². The van der Waals surface area contributed by atoms with Crippen LogP contribution in [0.25, 0.3) is 11.1 Å². The van der Waals surface area contributed by atoms with Gasteiger partial charge in [-0.25, -0.2) is 9.59 Å². The molecule has 0 spiro atoms. The topological polar surface area (TPSA) is 95.9 Å². The first kappa shape index (κ1) is 24.9. The molecule has 0 saturated carbocycles. The number of carboxylic acids is 1. The van der Waals surface area contributed by atoms with Crippen LogP contribution in [0.15, 0.2) is 48.5 Å². The highest BCUT2D eigenvalue weighted by atomic mass is 32.2. The highest BCUT2D eigenvalue weighted by Gasteiger charge is 2.42. The molecular formula is C24H23F3N2O5S. The van der Waals surface area contributed by atoms with E-state index in [2.05, 4.69) is 0 Å². The average Bonchev–Trinajstić information content (AvgIpc) is 3.43. The molecule has 7 nitrogen and oxygen atoms in total. The van der Waals surface area contributed by atoms with E-state index in [4.69, 9.17) is 9.84 Å². The van der Waals surface area contributed by atoms with Crippen LogP contribution < -0.4 is 5.32 Å². The van der Waals surface area contributed by atoms with E-state index < -0.39 is 49.1 Å². The van der Waals surface area contributed by atoms with Gasteiger partial charge in [0.2, 0.25) is 5.91 Å². The predicted octanol–water partition coefficient (Wildman–Crippen LogP) is 4.22. The average molecular weight is 509 g/mol. The standard InChI is InChI=1S/C24H23F3N2O5S/c25-24(26,27)20(9-10-21(30)29-13-35-12-19(29)22(31)32)28-23(33)34-11-18-16-7-3-1-5-14(16)15-6-2-4-8-17(15)18/h1-8,18-20H,9-13H2,(H,28,33)(H,31,32)/t19?,20-/m0/s1. The Balaban J connectivity index is 1.37. The third-order valence-corrected chi connectivity index (χ3v) is 7.18. The summed E-state index contributed by atoms with van der Waals surface area (Å²) in [6.07, 6.45) is -7.32. The summed E-state index contributed by atoms with van der Waals surface area (Å²) in [5.74, 6) is -1.92. The van der Waals surface area contributed by atoms with Crippen LogP contribution in [0.2, 0.25) is 0 Å². The number of thioether (sulfide) groups is 1. The Morgan fingerprint density at radius 3 is 2.26 bits per heavy atom. The summed E-state index contributed by atoms with van der Waals surface area (Å²) in [6, 6.07) is 11.8. The van der Waals surface area contributed by atoms with Crippen LogP contribution >= 0.6 is 11.8 Å². The van der Waals surface area contributed by atoms with Gasteiger partial charge in [0.25, 0.3) is 0 Å². The Morgan fingerprint density at radius 1 is 1.09 bits per heavy atom. The van der Waals surface area contributed by atoms with Crippen molar-refractivity contribution in [2.24, 2.45) is 0 Å². The number of amides is 2. The van der Waals surface area contributed by atoms with Crippen LogP contribution in [-0.2, 0) is 14.3 Å². The molecule has 11 heteroatoms. The maximum Gasteiger partial charge on any atom is 0.408 e. The number of alkyl carbamates (subject to hydrolysis) is 1. The Kier molecular flexibility index (Phi) is 7.25. The molecule has 2 atom stereocenters. The first-order chi connectivity index (χ1) is 16.7. The lowest BCUT2D eigenvalue weighted by Gasteiger charge is -2.24. The van der Waals surface area contributed by atoms with Crippen molar-refractivity contribution >= 4 is 29.7 Å². The molecule has 1 saturated heterocycles. The molecule has 186 valence electrons. The van der Waals surface area contributed by atoms with Crippen LogP contribution in [0.4, 0.5) is 18.0 Å². The minimum absolute atomic E-state index is 0.103. The number of carbonyl (C=O) groups excluding carboxylic acids is 2. The molecule has 1 fully saturated rings. The number of aliphatic carboxylic acids is 1. The van der Waals surface area contributed by atoms with E-state index in [9.17, 15) is 27.6 Å². The number of nitrogens with zero attached hydrogens (tertiary/aromatic N) is 1. The number of nitrogens with one attached hydrogen (secondary N) is 1. The second-order valence-electron chi connectivity index (χ2n) is 8.32. The van der Waals surface area contributed by atoms with Crippen molar-refractivity contribution in [3.63, 3.8) is 0 Å². The Morgan fingerprint density at radius 2 is 1.69 bits per heavy atom. The van der Waals surface area contributed by atoms with E-state index in [1.807, 2.05) is 53.8 Å². The molecule has 2 aromatic carbocycles. The second-order valence-corrected chi connectivity index (χ2v) is 9.32. The van der Waals surface area contributed by atoms with Gasteiger partial charge in [-0.15, -0.1) is 11.8 Å². The number of rotatable bonds is 7. The molecule has 4 rings (SSSR count). The minimum Gasteiger partial charge on any atom is -0.480 e. The highest BCUT2D eigenvalue weighted by Crippen LogP contribution is 2.44. The number of carbonyl (C=O) groups is 3. The predicted molar refractivity (Wildman–Crippen MR) is 123 cm³/mol. The van der Waals surface area contributed by atoms with Crippen molar-refractivity contribution in [3.8, 4) is 11.1 Å². The number of halogens is 3. The van der Waals surface area contributed by atoms with E-state index in [-0.39, 0.29) is 24.2 Å². The molecule has 2 amide bonds. The molecule has 2 aromatic rings. The molecule has 35 heavy (non-hydrogen) atoms. The van der Waals surface area contributed by atoms with Gasteiger partial charge < -0.3 is 20.1 Å². The van der Waals surface area contributed by atoms with Gasteiger partial charge in [-0.3, -0.25) is 4.79 Å². The lowest BCUT2D eigenvalue weighted by molar-refractivity contribution is -0.158. The molecule has 1 aliphatic carbocycles. The highest BCUT2D eigenvalue weighted by molar-refractivity contribution is 7.99. The van der Waals surface area contributed by atoms with Crippen molar-refractivity contribution in [3.05, 3.63) is 59.7 Å². The third-order valence-electron chi connectivity index (χ3n) is 6.17. The van der Waals surface area contributed by atoms with Gasteiger partial charge in [-0.2, -0.15) is 13.2 Å². The summed E-state index contributed by atoms with van der Waals surface area (Å²) < 4.78 is 45.9. The van der Waals surface area contributed by atoms with Crippen LogP contribution in [-0.4, -0.2) is 64.5 Å². The Hall–Kier alpha value is -3.21. The van der Waals surface area contributed by atoms with Gasteiger partial charge in [0.05, 0.1) is 5.88 Å². The normalized spacial score (nSPS) is 18.0. The van der Waals surface area contributed by atoms with Gasteiger partial charge in [-0.1, -0.05) is 48.5 Å². The van der Waals surface area contributed by atoms with E-state index in [0.717, 1.165) is 27.2 Å². The third kappa shape index (κ3) is 5.39. The van der Waals surface area contributed by atoms with Crippen molar-refractivity contribution in [1.29, 1.82) is 0 Å². The Bertz CT molecular complexity index is 1080. The molecular weight excluding hydrogens is 485 g/mol. The summed E-state index contributed by atoms with van der Waals surface area (Å²) in [5.41, 5.74) is 3.83. The zero-order valence-corrected chi connectivity index (χ0v) is 19.3. The number of carboxylic acid groups (broad SMARTS) is 1. The van der Waals surface area contributed by atoms with Crippen molar-refractivity contribution in [1.82, 2.24) is 10.2 Å². The summed E-state index contributed by atoms with van der Waals surface area (Å²) in [6.45, 7) is -0.144. The monoisotopic (exact) mass is 508 g/mol. The molecule has 0 radical (unpaired) electrons. The van der Waals surface area contributed by atoms with Crippen LogP contribution in [0.1, 0.15) is 29.9 Å². The van der Waals surface area contributed by atoms with Crippen LogP contribution in [0.3, 0.4) is 0 Å². The van der Waals surface area contributed by atoms with Gasteiger partial charge in [-0.05, 0) is 28.7 Å². The van der Waals surface area contributed by atoms with Crippen molar-refractivity contribution in [2.75, 3.05) is 18.2 Å². The molecule has 1 unspecified atom stereocenters. The fraction of sp³-hybridized carbons (Fsp3) is 0.375. The smallest absolute Gasteiger partial charge is 0.408 e. The fourth-order valence-corrected chi connectivity index (χ4v) is 5.58. The number of fused-ring (bicyclic) bond motifs is 3. The van der Waals surface area contributed by atoms with Gasteiger partial charge in [0.1, 0.15) is 18.7 Å². The van der Waals surface area contributed by atoms with Gasteiger partial charge in [0.15, 0.2) is 0 Å². The molecule has 2 aliphatic rings. The van der Waals surface area contributed by atoms with Crippen molar-refractivity contribution < 1.29 is 37.4 Å². The first-order valence-corrected chi connectivity index (χ1v) is 12.1. The maximum absolute atomic E-state index is 13.6. The van der Waals surface area contributed by atoms with E-state index >= 15 is 0 Å².